The quantitative estimate of drug-likeness (QED) is 0.806. The summed E-state index contributed by atoms with van der Waals surface area (Å²) in [5, 5.41) is 3.05. The minimum absolute atomic E-state index is 0.357. The van der Waals surface area contributed by atoms with Crippen LogP contribution in [0, 0.1) is 0 Å². The van der Waals surface area contributed by atoms with Crippen LogP contribution >= 0.6 is 0 Å². The molecule has 5 heteroatoms. The van der Waals surface area contributed by atoms with E-state index in [1.165, 1.54) is 7.11 Å². The number of aromatic nitrogens is 2. The van der Waals surface area contributed by atoms with Gasteiger partial charge in [0.05, 0.1) is 24.7 Å². The van der Waals surface area contributed by atoms with Gasteiger partial charge in [-0.25, -0.2) is 9.78 Å². The van der Waals surface area contributed by atoms with E-state index in [-0.39, 0.29) is 5.97 Å². The number of hydrogen-bond acceptors (Lipinski definition) is 4. The van der Waals surface area contributed by atoms with Crippen molar-refractivity contribution >= 4 is 17.0 Å². The third-order valence-electron chi connectivity index (χ3n) is 2.74. The predicted octanol–water partition coefficient (Wildman–Crippen LogP) is 1.08. The van der Waals surface area contributed by atoms with E-state index in [4.69, 9.17) is 4.74 Å². The lowest BCUT2D eigenvalue weighted by atomic mass is 10.2. The second-order valence-electron chi connectivity index (χ2n) is 3.78. The van der Waals surface area contributed by atoms with Gasteiger partial charge in [-0.1, -0.05) is 6.07 Å². The van der Waals surface area contributed by atoms with Crippen molar-refractivity contribution in [3.05, 3.63) is 29.6 Å². The smallest absolute Gasteiger partial charge is 0.340 e. The molecule has 1 N–H and O–H groups in total. The molecule has 0 atom stereocenters. The Labute approximate surface area is 99.4 Å². The number of imidazole rings is 1. The Morgan fingerprint density at radius 1 is 1.53 bits per heavy atom. The molecule has 17 heavy (non-hydrogen) atoms. The van der Waals surface area contributed by atoms with Crippen LogP contribution in [-0.4, -0.2) is 29.7 Å². The number of ether oxygens (including phenoxy) is 1. The van der Waals surface area contributed by atoms with Gasteiger partial charge in [0.25, 0.3) is 0 Å². The van der Waals surface area contributed by atoms with Crippen LogP contribution in [0.1, 0.15) is 16.2 Å². The fourth-order valence-corrected chi connectivity index (χ4v) is 1.85. The number of benzene rings is 1. The SMILES string of the molecule is CNCc1nc2c(C(=O)OC)cccc2n1C. The van der Waals surface area contributed by atoms with Crippen LogP contribution in [0.3, 0.4) is 0 Å². The zero-order valence-electron chi connectivity index (χ0n) is 10.2. The molecule has 0 amide bonds. The number of hydrogen-bond donors (Lipinski definition) is 1. The molecular weight excluding hydrogens is 218 g/mol. The number of carbonyl (C=O) groups is 1. The molecule has 0 bridgehead atoms. The molecule has 0 saturated carbocycles. The molecule has 0 aliphatic heterocycles. The molecule has 0 aliphatic rings. The highest BCUT2D eigenvalue weighted by molar-refractivity contribution is 6.02. The number of para-hydroxylation sites is 1. The molecule has 90 valence electrons. The number of fused-ring (bicyclic) bond motifs is 1. The predicted molar refractivity (Wildman–Crippen MR) is 64.8 cm³/mol. The first-order chi connectivity index (χ1) is 8.19. The normalized spacial score (nSPS) is 10.8. The fraction of sp³-hybridized carbons (Fsp3) is 0.333. The molecule has 0 fully saturated rings. The van der Waals surface area contributed by atoms with Crippen LogP contribution in [0.5, 0.6) is 0 Å². The number of nitrogens with zero attached hydrogens (tertiary/aromatic N) is 2. The van der Waals surface area contributed by atoms with Crippen molar-refractivity contribution in [2.45, 2.75) is 6.54 Å². The van der Waals surface area contributed by atoms with E-state index in [1.807, 2.05) is 30.8 Å². The van der Waals surface area contributed by atoms with Gasteiger partial charge in [-0.2, -0.15) is 0 Å². The van der Waals surface area contributed by atoms with E-state index in [1.54, 1.807) is 6.07 Å². The molecule has 0 unspecified atom stereocenters. The Bertz CT molecular complexity index is 560. The molecule has 0 aliphatic carbocycles. The van der Waals surface area contributed by atoms with E-state index < -0.39 is 0 Å². The summed E-state index contributed by atoms with van der Waals surface area (Å²) in [6.45, 7) is 0.659. The van der Waals surface area contributed by atoms with Crippen molar-refractivity contribution in [1.82, 2.24) is 14.9 Å². The number of esters is 1. The third-order valence-corrected chi connectivity index (χ3v) is 2.74. The monoisotopic (exact) mass is 233 g/mol. The molecule has 0 saturated heterocycles. The van der Waals surface area contributed by atoms with Crippen molar-refractivity contribution in [1.29, 1.82) is 0 Å². The van der Waals surface area contributed by atoms with Gasteiger partial charge in [-0.15, -0.1) is 0 Å². The molecule has 2 aromatic rings. The maximum absolute atomic E-state index is 11.6. The van der Waals surface area contributed by atoms with Crippen LogP contribution in [0.4, 0.5) is 0 Å². The van der Waals surface area contributed by atoms with Crippen LogP contribution < -0.4 is 5.32 Å². The molecule has 1 heterocycles. The highest BCUT2D eigenvalue weighted by atomic mass is 16.5. The number of carbonyl (C=O) groups excluding carboxylic acids is 1. The lowest BCUT2D eigenvalue weighted by Gasteiger charge is -2.01. The van der Waals surface area contributed by atoms with Crippen LogP contribution in [0.25, 0.3) is 11.0 Å². The Morgan fingerprint density at radius 2 is 2.29 bits per heavy atom. The molecule has 1 aromatic carbocycles. The maximum Gasteiger partial charge on any atom is 0.340 e. The summed E-state index contributed by atoms with van der Waals surface area (Å²) in [5.74, 6) is 0.531. The Kier molecular flexibility index (Phi) is 3.10. The highest BCUT2D eigenvalue weighted by Crippen LogP contribution is 2.19. The van der Waals surface area contributed by atoms with Crippen molar-refractivity contribution in [2.24, 2.45) is 7.05 Å². The summed E-state index contributed by atoms with van der Waals surface area (Å²) in [6, 6.07) is 5.50. The first-order valence-corrected chi connectivity index (χ1v) is 5.36. The van der Waals surface area contributed by atoms with E-state index >= 15 is 0 Å². The Morgan fingerprint density at radius 3 is 2.94 bits per heavy atom. The summed E-state index contributed by atoms with van der Waals surface area (Å²) in [7, 11) is 5.17. The lowest BCUT2D eigenvalue weighted by molar-refractivity contribution is 0.0603. The zero-order chi connectivity index (χ0) is 12.4. The van der Waals surface area contributed by atoms with Crippen LogP contribution in [-0.2, 0) is 18.3 Å². The maximum atomic E-state index is 11.6. The van der Waals surface area contributed by atoms with Crippen molar-refractivity contribution in [3.63, 3.8) is 0 Å². The van der Waals surface area contributed by atoms with E-state index in [9.17, 15) is 4.79 Å². The highest BCUT2D eigenvalue weighted by Gasteiger charge is 2.15. The standard InChI is InChI=1S/C12H15N3O2/c1-13-7-10-14-11-8(12(16)17-3)5-4-6-9(11)15(10)2/h4-6,13H,7H2,1-3H3. The first kappa shape index (κ1) is 11.6. The Hall–Kier alpha value is -1.88. The van der Waals surface area contributed by atoms with Gasteiger partial charge >= 0.3 is 5.97 Å². The minimum atomic E-state index is -0.357. The van der Waals surface area contributed by atoms with E-state index in [0.717, 1.165) is 11.3 Å². The molecular formula is C12H15N3O2. The summed E-state index contributed by atoms with van der Waals surface area (Å²) >= 11 is 0. The van der Waals surface area contributed by atoms with E-state index in [0.29, 0.717) is 17.6 Å². The van der Waals surface area contributed by atoms with Crippen molar-refractivity contribution in [2.75, 3.05) is 14.2 Å². The second kappa shape index (κ2) is 4.55. The average Bonchev–Trinajstić information content (AvgIpc) is 2.66. The molecule has 0 spiro atoms. The van der Waals surface area contributed by atoms with Gasteiger partial charge in [0.1, 0.15) is 11.3 Å². The second-order valence-corrected chi connectivity index (χ2v) is 3.78. The van der Waals surface area contributed by atoms with Gasteiger partial charge in [0, 0.05) is 7.05 Å². The summed E-state index contributed by atoms with van der Waals surface area (Å²) in [6.07, 6.45) is 0. The summed E-state index contributed by atoms with van der Waals surface area (Å²) in [5.41, 5.74) is 2.12. The first-order valence-electron chi connectivity index (χ1n) is 5.36. The largest absolute Gasteiger partial charge is 0.465 e. The molecule has 1 aromatic heterocycles. The number of rotatable bonds is 3. The summed E-state index contributed by atoms with van der Waals surface area (Å²) in [4.78, 5) is 16.1. The van der Waals surface area contributed by atoms with Crippen LogP contribution in [0.15, 0.2) is 18.2 Å². The summed E-state index contributed by atoms with van der Waals surface area (Å²) < 4.78 is 6.72. The molecule has 2 rings (SSSR count). The average molecular weight is 233 g/mol. The van der Waals surface area contributed by atoms with Gasteiger partial charge in [0.15, 0.2) is 0 Å². The van der Waals surface area contributed by atoms with Crippen molar-refractivity contribution < 1.29 is 9.53 Å². The van der Waals surface area contributed by atoms with E-state index in [2.05, 4.69) is 10.3 Å². The van der Waals surface area contributed by atoms with Gasteiger partial charge in [-0.05, 0) is 19.2 Å². The fourth-order valence-electron chi connectivity index (χ4n) is 1.85. The number of aryl methyl sites for hydroxylation is 1. The molecule has 5 nitrogen and oxygen atoms in total. The third kappa shape index (κ3) is 1.89. The topological polar surface area (TPSA) is 56.1 Å². The van der Waals surface area contributed by atoms with Crippen LogP contribution in [0.2, 0.25) is 0 Å². The zero-order valence-corrected chi connectivity index (χ0v) is 10.2. The van der Waals surface area contributed by atoms with Gasteiger partial charge < -0.3 is 14.6 Å². The number of nitrogens with one attached hydrogen (secondary N) is 1. The Balaban J connectivity index is 2.64. The molecule has 0 radical (unpaired) electrons. The minimum Gasteiger partial charge on any atom is -0.465 e. The lowest BCUT2D eigenvalue weighted by Crippen LogP contribution is -2.10. The van der Waals surface area contributed by atoms with Gasteiger partial charge in [-0.3, -0.25) is 0 Å². The van der Waals surface area contributed by atoms with Crippen molar-refractivity contribution in [3.8, 4) is 0 Å². The van der Waals surface area contributed by atoms with Gasteiger partial charge in [0.2, 0.25) is 0 Å². The number of methoxy groups -OCH3 is 1.